The van der Waals surface area contributed by atoms with Crippen LogP contribution in [0.1, 0.15) is 16.7 Å². The first-order valence-electron chi connectivity index (χ1n) is 14.2. The number of aryl methyl sites for hydroxylation is 3. The minimum absolute atomic E-state index is 0.159. The molecule has 40 heavy (non-hydrogen) atoms. The predicted molar refractivity (Wildman–Crippen MR) is 175 cm³/mol. The molecule has 0 spiro atoms. The lowest BCUT2D eigenvalue weighted by Crippen LogP contribution is -2.52. The molecule has 8 rings (SSSR count). The number of hydrogen-bond donors (Lipinski definition) is 0. The van der Waals surface area contributed by atoms with Crippen LogP contribution in [0.2, 0.25) is 0 Å². The van der Waals surface area contributed by atoms with Crippen LogP contribution in [0, 0.1) is 20.8 Å². The van der Waals surface area contributed by atoms with Crippen LogP contribution in [0.5, 0.6) is 0 Å². The van der Waals surface area contributed by atoms with Gasteiger partial charge in [0.2, 0.25) is 6.71 Å². The Morgan fingerprint density at radius 2 is 1.25 bits per heavy atom. The molecule has 0 bridgehead atoms. The highest BCUT2D eigenvalue weighted by molar-refractivity contribution is 6.98. The monoisotopic (exact) mass is 511 g/mol. The molecule has 0 radical (unpaired) electrons. The highest BCUT2D eigenvalue weighted by Gasteiger charge is 2.32. The van der Waals surface area contributed by atoms with Crippen LogP contribution in [0.15, 0.2) is 109 Å². The van der Waals surface area contributed by atoms with Crippen molar-refractivity contribution in [2.45, 2.75) is 20.8 Å². The quantitative estimate of drug-likeness (QED) is 0.169. The van der Waals surface area contributed by atoms with Crippen molar-refractivity contribution in [2.75, 3.05) is 11.9 Å². The fourth-order valence-corrected chi connectivity index (χ4v) is 7.59. The summed E-state index contributed by atoms with van der Waals surface area (Å²) in [5.74, 6) is 0. The summed E-state index contributed by atoms with van der Waals surface area (Å²) in [4.78, 5) is 2.42. The molecule has 7 aromatic rings. The van der Waals surface area contributed by atoms with Gasteiger partial charge in [-0.15, -0.1) is 0 Å². The molecule has 0 fully saturated rings. The third-order valence-electron chi connectivity index (χ3n) is 9.14. The molecule has 0 saturated heterocycles. The molecule has 2 heteroatoms. The van der Waals surface area contributed by atoms with Gasteiger partial charge in [-0.3, -0.25) is 0 Å². The number of rotatable bonds is 2. The van der Waals surface area contributed by atoms with Crippen molar-refractivity contribution in [3.63, 3.8) is 0 Å². The van der Waals surface area contributed by atoms with Crippen molar-refractivity contribution in [3.8, 4) is 11.1 Å². The molecular weight excluding hydrogens is 481 g/mol. The molecular formula is C38H30BN. The van der Waals surface area contributed by atoms with Crippen LogP contribution in [0.3, 0.4) is 0 Å². The van der Waals surface area contributed by atoms with Crippen molar-refractivity contribution in [2.24, 2.45) is 0 Å². The van der Waals surface area contributed by atoms with E-state index < -0.39 is 0 Å². The Bertz CT molecular complexity index is 2080. The molecule has 0 aromatic heterocycles. The standard InChI is InChI=1S/C38H30BN/c1-23-20-24(2)35(25(3)21-23)29-18-15-27-22-34-38-32(19-16-26-14-17-30(29)36(27)37(26)38)39(28-10-6-5-7-11-28)31-12-8-9-13-33(31)40(34)4/h5-22H,1-4H3. The highest BCUT2D eigenvalue weighted by atomic mass is 15.1. The second-order valence-corrected chi connectivity index (χ2v) is 11.6. The lowest BCUT2D eigenvalue weighted by Gasteiger charge is -2.24. The van der Waals surface area contributed by atoms with Gasteiger partial charge in [0.1, 0.15) is 0 Å². The van der Waals surface area contributed by atoms with E-state index >= 15 is 0 Å². The Morgan fingerprint density at radius 3 is 2.05 bits per heavy atom. The zero-order valence-corrected chi connectivity index (χ0v) is 23.4. The molecule has 0 aliphatic carbocycles. The number of nitrogens with zero attached hydrogens (tertiary/aromatic N) is 1. The van der Waals surface area contributed by atoms with E-state index in [2.05, 4.69) is 142 Å². The maximum Gasteiger partial charge on any atom is 0.244 e. The number of anilines is 2. The molecule has 1 aliphatic heterocycles. The first kappa shape index (κ1) is 23.3. The molecule has 0 saturated carbocycles. The number of hydrogen-bond acceptors (Lipinski definition) is 1. The van der Waals surface area contributed by atoms with Crippen LogP contribution in [0.4, 0.5) is 11.4 Å². The molecule has 190 valence electrons. The Kier molecular flexibility index (Phi) is 4.94. The molecule has 1 heterocycles. The molecule has 0 amide bonds. The molecule has 1 aliphatic rings. The van der Waals surface area contributed by atoms with Gasteiger partial charge in [-0.1, -0.05) is 114 Å². The minimum Gasteiger partial charge on any atom is -0.345 e. The average molecular weight is 511 g/mol. The topological polar surface area (TPSA) is 3.24 Å². The highest BCUT2D eigenvalue weighted by Crippen LogP contribution is 2.45. The summed E-state index contributed by atoms with van der Waals surface area (Å²) < 4.78 is 0. The first-order valence-corrected chi connectivity index (χ1v) is 14.2. The van der Waals surface area contributed by atoms with Crippen LogP contribution >= 0.6 is 0 Å². The van der Waals surface area contributed by atoms with E-state index in [0.29, 0.717) is 0 Å². The fraction of sp³-hybridized carbons (Fsp3) is 0.105. The van der Waals surface area contributed by atoms with Crippen LogP contribution < -0.4 is 21.3 Å². The Morgan fingerprint density at radius 1 is 0.550 bits per heavy atom. The van der Waals surface area contributed by atoms with Gasteiger partial charge in [0.15, 0.2) is 0 Å². The van der Waals surface area contributed by atoms with E-state index in [9.17, 15) is 0 Å². The first-order chi connectivity index (χ1) is 19.5. The van der Waals surface area contributed by atoms with Gasteiger partial charge in [0.05, 0.1) is 0 Å². The van der Waals surface area contributed by atoms with E-state index in [0.717, 1.165) is 0 Å². The second kappa shape index (κ2) is 8.47. The van der Waals surface area contributed by atoms with Crippen LogP contribution in [0.25, 0.3) is 43.4 Å². The van der Waals surface area contributed by atoms with E-state index in [1.807, 2.05) is 0 Å². The summed E-state index contributed by atoms with van der Waals surface area (Å²) in [6.07, 6.45) is 0. The lowest BCUT2D eigenvalue weighted by atomic mass is 9.36. The number of para-hydroxylation sites is 1. The van der Waals surface area contributed by atoms with Gasteiger partial charge in [0, 0.05) is 23.8 Å². The number of fused-ring (bicyclic) bond motifs is 1. The third kappa shape index (κ3) is 3.17. The molecule has 0 unspecified atom stereocenters. The van der Waals surface area contributed by atoms with Gasteiger partial charge in [-0.05, 0) is 87.6 Å². The Hall–Kier alpha value is -4.56. The zero-order chi connectivity index (χ0) is 27.1. The van der Waals surface area contributed by atoms with E-state index in [1.165, 1.54) is 87.9 Å². The summed E-state index contributed by atoms with van der Waals surface area (Å²) >= 11 is 0. The van der Waals surface area contributed by atoms with E-state index in [-0.39, 0.29) is 6.71 Å². The van der Waals surface area contributed by atoms with Crippen molar-refractivity contribution < 1.29 is 0 Å². The van der Waals surface area contributed by atoms with Crippen molar-refractivity contribution >= 4 is 66.8 Å². The maximum atomic E-state index is 2.43. The lowest BCUT2D eigenvalue weighted by molar-refractivity contribution is 1.24. The van der Waals surface area contributed by atoms with Crippen molar-refractivity contribution in [1.82, 2.24) is 0 Å². The summed E-state index contributed by atoms with van der Waals surface area (Å²) in [6, 6.07) is 41.1. The SMILES string of the molecule is Cc1cc(C)c(-c2ccc3cc4c5c(ccc6ccc2c3c65)B(c2ccccc2)c2ccccc2N4C)c(C)c1. The predicted octanol–water partition coefficient (Wildman–Crippen LogP) is 7.77. The Labute approximate surface area is 236 Å². The molecule has 0 atom stereocenters. The van der Waals surface area contributed by atoms with E-state index in [4.69, 9.17) is 0 Å². The summed E-state index contributed by atoms with van der Waals surface area (Å²) in [6.45, 7) is 6.85. The Balaban J connectivity index is 1.54. The van der Waals surface area contributed by atoms with Gasteiger partial charge in [-0.2, -0.15) is 0 Å². The average Bonchev–Trinajstić information content (AvgIpc) is 3.07. The molecule has 1 nitrogen and oxygen atoms in total. The van der Waals surface area contributed by atoms with Crippen molar-refractivity contribution in [1.29, 1.82) is 0 Å². The van der Waals surface area contributed by atoms with Gasteiger partial charge in [0.25, 0.3) is 0 Å². The smallest absolute Gasteiger partial charge is 0.244 e. The number of benzene rings is 7. The fourth-order valence-electron chi connectivity index (χ4n) is 7.59. The summed E-state index contributed by atoms with van der Waals surface area (Å²) in [5.41, 5.74) is 13.3. The normalized spacial score (nSPS) is 12.9. The van der Waals surface area contributed by atoms with Crippen LogP contribution in [-0.2, 0) is 0 Å². The zero-order valence-electron chi connectivity index (χ0n) is 23.4. The summed E-state index contributed by atoms with van der Waals surface area (Å²) in [5, 5.41) is 8.07. The molecule has 0 N–H and O–H groups in total. The largest absolute Gasteiger partial charge is 0.345 e. The van der Waals surface area contributed by atoms with Crippen molar-refractivity contribution in [3.05, 3.63) is 126 Å². The molecule has 7 aromatic carbocycles. The van der Waals surface area contributed by atoms with Crippen LogP contribution in [-0.4, -0.2) is 13.8 Å². The minimum atomic E-state index is 0.159. The van der Waals surface area contributed by atoms with E-state index in [1.54, 1.807) is 0 Å². The van der Waals surface area contributed by atoms with Gasteiger partial charge in [-0.25, -0.2) is 0 Å². The van der Waals surface area contributed by atoms with Gasteiger partial charge < -0.3 is 4.90 Å². The van der Waals surface area contributed by atoms with Gasteiger partial charge >= 0.3 is 0 Å². The third-order valence-corrected chi connectivity index (χ3v) is 9.14. The maximum absolute atomic E-state index is 2.43. The summed E-state index contributed by atoms with van der Waals surface area (Å²) in [7, 11) is 2.24. The second-order valence-electron chi connectivity index (χ2n) is 11.6.